The summed E-state index contributed by atoms with van der Waals surface area (Å²) < 4.78 is 21.0. The summed E-state index contributed by atoms with van der Waals surface area (Å²) in [6.07, 6.45) is 3.69. The first kappa shape index (κ1) is 18.4. The molecule has 1 N–H and O–H groups in total. The zero-order valence-corrected chi connectivity index (χ0v) is 15.2. The summed E-state index contributed by atoms with van der Waals surface area (Å²) in [4.78, 5) is 14.4. The monoisotopic (exact) mass is 360 g/mol. The van der Waals surface area contributed by atoms with Gasteiger partial charge >= 0.3 is 0 Å². The number of nitrogens with one attached hydrogen (secondary N) is 1. The number of para-hydroxylation sites is 1. The molecule has 1 aliphatic rings. The second-order valence-electron chi connectivity index (χ2n) is 6.80. The van der Waals surface area contributed by atoms with Crippen LogP contribution < -0.4 is 10.1 Å². The third-order valence-corrected chi connectivity index (χ3v) is 4.79. The Balaban J connectivity index is 1.48. The number of amides is 1. The number of benzene rings is 1. The van der Waals surface area contributed by atoms with E-state index in [0.717, 1.165) is 37.3 Å². The average molecular weight is 360 g/mol. The second-order valence-corrected chi connectivity index (χ2v) is 6.80. The Kier molecular flexibility index (Phi) is 5.88. The lowest BCUT2D eigenvalue weighted by atomic mass is 9.99. The highest BCUT2D eigenvalue weighted by atomic mass is 19.1. The van der Waals surface area contributed by atoms with Gasteiger partial charge in [-0.15, -0.1) is 0 Å². The van der Waals surface area contributed by atoms with Crippen LogP contribution in [0.1, 0.15) is 18.5 Å². The number of anilines is 1. The van der Waals surface area contributed by atoms with Gasteiger partial charge in [-0.05, 0) is 38.4 Å². The van der Waals surface area contributed by atoms with E-state index in [9.17, 15) is 9.18 Å². The van der Waals surface area contributed by atoms with E-state index < -0.39 is 0 Å². The van der Waals surface area contributed by atoms with Crippen molar-refractivity contribution < 1.29 is 13.9 Å². The Morgan fingerprint density at radius 2 is 2.23 bits per heavy atom. The van der Waals surface area contributed by atoms with Crippen LogP contribution in [0.5, 0.6) is 5.75 Å². The van der Waals surface area contributed by atoms with Gasteiger partial charge < -0.3 is 10.1 Å². The van der Waals surface area contributed by atoms with Crippen LogP contribution in [0.2, 0.25) is 0 Å². The Hall–Kier alpha value is -2.41. The Morgan fingerprint density at radius 1 is 1.42 bits per heavy atom. The fourth-order valence-electron chi connectivity index (χ4n) is 3.21. The molecule has 2 aromatic rings. The number of hydrogen-bond donors (Lipinski definition) is 1. The van der Waals surface area contributed by atoms with E-state index in [0.29, 0.717) is 13.2 Å². The van der Waals surface area contributed by atoms with E-state index in [1.165, 1.54) is 6.07 Å². The maximum Gasteiger partial charge on any atom is 0.238 e. The molecule has 1 aliphatic heterocycles. The Morgan fingerprint density at radius 3 is 2.96 bits per heavy atom. The lowest BCUT2D eigenvalue weighted by molar-refractivity contribution is -0.117. The molecule has 0 bridgehead atoms. The number of rotatable bonds is 6. The van der Waals surface area contributed by atoms with Crippen molar-refractivity contribution in [2.24, 2.45) is 13.0 Å². The third-order valence-electron chi connectivity index (χ3n) is 4.79. The quantitative estimate of drug-likeness (QED) is 0.860. The first-order chi connectivity index (χ1) is 12.5. The molecular formula is C19H25FN4O2. The van der Waals surface area contributed by atoms with Gasteiger partial charge in [-0.3, -0.25) is 14.4 Å². The molecule has 1 saturated heterocycles. The van der Waals surface area contributed by atoms with Crippen molar-refractivity contribution >= 4 is 11.6 Å². The van der Waals surface area contributed by atoms with Gasteiger partial charge in [0.05, 0.1) is 30.7 Å². The largest absolute Gasteiger partial charge is 0.490 e. The number of hydrogen-bond acceptors (Lipinski definition) is 4. The van der Waals surface area contributed by atoms with Crippen LogP contribution in [0.3, 0.4) is 0 Å². The van der Waals surface area contributed by atoms with Gasteiger partial charge in [0.2, 0.25) is 5.91 Å². The third kappa shape index (κ3) is 4.60. The molecule has 0 spiro atoms. The van der Waals surface area contributed by atoms with Gasteiger partial charge in [-0.2, -0.15) is 5.10 Å². The predicted molar refractivity (Wildman–Crippen MR) is 97.6 cm³/mol. The number of aryl methyl sites for hydroxylation is 1. The van der Waals surface area contributed by atoms with Gasteiger partial charge in [0.25, 0.3) is 0 Å². The van der Waals surface area contributed by atoms with Crippen molar-refractivity contribution in [3.63, 3.8) is 0 Å². The highest BCUT2D eigenvalue weighted by Gasteiger charge is 2.23. The average Bonchev–Trinajstić information content (AvgIpc) is 2.93. The smallest absolute Gasteiger partial charge is 0.238 e. The number of carbonyl (C=O) groups is 1. The van der Waals surface area contributed by atoms with Crippen LogP contribution in [-0.2, 0) is 11.8 Å². The molecule has 1 aromatic carbocycles. The molecule has 3 rings (SSSR count). The number of aromatic nitrogens is 2. The van der Waals surface area contributed by atoms with Crippen LogP contribution in [0.4, 0.5) is 10.1 Å². The molecule has 1 atom stereocenters. The standard InChI is InChI=1S/C19H25FN4O2/c1-14-17(10-21-23(14)2)22-19(25)12-24-9-5-6-15(11-24)13-26-18-8-4-3-7-16(18)20/h3-4,7-8,10,15H,5-6,9,11-13H2,1-2H3,(H,22,25)/t15-/m1/s1. The lowest BCUT2D eigenvalue weighted by Gasteiger charge is -2.32. The molecule has 0 aliphatic carbocycles. The highest BCUT2D eigenvalue weighted by Crippen LogP contribution is 2.21. The van der Waals surface area contributed by atoms with E-state index in [-0.39, 0.29) is 23.4 Å². The molecule has 2 heterocycles. The van der Waals surface area contributed by atoms with Gasteiger partial charge in [0.15, 0.2) is 11.6 Å². The second kappa shape index (κ2) is 8.31. The predicted octanol–water partition coefficient (Wildman–Crippen LogP) is 2.60. The van der Waals surface area contributed by atoms with Crippen LogP contribution in [0.25, 0.3) is 0 Å². The van der Waals surface area contributed by atoms with Gasteiger partial charge in [0.1, 0.15) is 0 Å². The minimum absolute atomic E-state index is 0.0447. The number of halogens is 1. The van der Waals surface area contributed by atoms with Crippen molar-refractivity contribution in [3.8, 4) is 5.75 Å². The van der Waals surface area contributed by atoms with Crippen LogP contribution in [0, 0.1) is 18.7 Å². The van der Waals surface area contributed by atoms with Crippen molar-refractivity contribution in [1.82, 2.24) is 14.7 Å². The maximum atomic E-state index is 13.6. The number of piperidine rings is 1. The number of likely N-dealkylation sites (tertiary alicyclic amines) is 1. The van der Waals surface area contributed by atoms with E-state index in [4.69, 9.17) is 4.74 Å². The Bertz CT molecular complexity index is 762. The van der Waals surface area contributed by atoms with E-state index >= 15 is 0 Å². The van der Waals surface area contributed by atoms with Crippen molar-refractivity contribution in [3.05, 3.63) is 42.0 Å². The molecule has 0 saturated carbocycles. The molecule has 1 fully saturated rings. The summed E-state index contributed by atoms with van der Waals surface area (Å²) in [5.41, 5.74) is 1.67. The van der Waals surface area contributed by atoms with Gasteiger partial charge in [0, 0.05) is 19.5 Å². The van der Waals surface area contributed by atoms with Crippen molar-refractivity contribution in [2.75, 3.05) is 31.6 Å². The number of carbonyl (C=O) groups excluding carboxylic acids is 1. The molecular weight excluding hydrogens is 335 g/mol. The van der Waals surface area contributed by atoms with Crippen molar-refractivity contribution in [2.45, 2.75) is 19.8 Å². The fraction of sp³-hybridized carbons (Fsp3) is 0.474. The fourth-order valence-corrected chi connectivity index (χ4v) is 3.21. The van der Waals surface area contributed by atoms with Gasteiger partial charge in [-0.25, -0.2) is 4.39 Å². The summed E-state index contributed by atoms with van der Waals surface area (Å²) in [6, 6.07) is 6.44. The van der Waals surface area contributed by atoms with E-state index in [2.05, 4.69) is 15.3 Å². The molecule has 0 radical (unpaired) electrons. The summed E-state index contributed by atoms with van der Waals surface area (Å²) >= 11 is 0. The SMILES string of the molecule is Cc1c(NC(=O)CN2CCC[C@@H](COc3ccccc3F)C2)cnn1C. The first-order valence-electron chi connectivity index (χ1n) is 8.91. The normalized spacial score (nSPS) is 17.9. The summed E-state index contributed by atoms with van der Waals surface area (Å²) in [6.45, 7) is 4.37. The topological polar surface area (TPSA) is 59.4 Å². The van der Waals surface area contributed by atoms with Gasteiger partial charge in [-0.1, -0.05) is 12.1 Å². The molecule has 7 heteroatoms. The highest BCUT2D eigenvalue weighted by molar-refractivity contribution is 5.92. The molecule has 1 aromatic heterocycles. The number of nitrogens with zero attached hydrogens (tertiary/aromatic N) is 3. The molecule has 26 heavy (non-hydrogen) atoms. The lowest BCUT2D eigenvalue weighted by Crippen LogP contribution is -2.42. The van der Waals surface area contributed by atoms with Crippen molar-refractivity contribution in [1.29, 1.82) is 0 Å². The van der Waals surface area contributed by atoms with Crippen LogP contribution in [-0.4, -0.2) is 46.8 Å². The summed E-state index contributed by atoms with van der Waals surface area (Å²) in [5.74, 6) is 0.189. The molecule has 1 amide bonds. The van der Waals surface area contributed by atoms with E-state index in [1.54, 1.807) is 29.1 Å². The Labute approximate surface area is 152 Å². The zero-order chi connectivity index (χ0) is 18.5. The minimum Gasteiger partial charge on any atom is -0.490 e. The minimum atomic E-state index is -0.341. The van der Waals surface area contributed by atoms with Crippen LogP contribution >= 0.6 is 0 Å². The maximum absolute atomic E-state index is 13.6. The molecule has 0 unspecified atom stereocenters. The number of ether oxygens (including phenoxy) is 1. The summed E-state index contributed by atoms with van der Waals surface area (Å²) in [5, 5.41) is 7.04. The molecule has 6 nitrogen and oxygen atoms in total. The van der Waals surface area contributed by atoms with Crippen LogP contribution in [0.15, 0.2) is 30.5 Å². The molecule has 140 valence electrons. The summed E-state index contributed by atoms with van der Waals surface area (Å²) in [7, 11) is 1.84. The van der Waals surface area contributed by atoms with E-state index in [1.807, 2.05) is 14.0 Å². The zero-order valence-electron chi connectivity index (χ0n) is 15.2. The first-order valence-corrected chi connectivity index (χ1v) is 8.91.